The molecule has 34 heavy (non-hydrogen) atoms. The van der Waals surface area contributed by atoms with Gasteiger partial charge in [-0.05, 0) is 55.4 Å². The van der Waals surface area contributed by atoms with E-state index < -0.39 is 23.2 Å². The molecule has 1 aliphatic heterocycles. The van der Waals surface area contributed by atoms with E-state index in [1.807, 2.05) is 4.90 Å². The van der Waals surface area contributed by atoms with Gasteiger partial charge in [-0.15, -0.1) is 0 Å². The highest BCUT2D eigenvalue weighted by atomic mass is 19.4. The molecule has 1 amide bonds. The number of alkyl halides is 3. The zero-order valence-electron chi connectivity index (χ0n) is 18.4. The van der Waals surface area contributed by atoms with Crippen LogP contribution in [0.4, 0.5) is 18.9 Å². The number of benzene rings is 1. The molecule has 180 valence electrons. The van der Waals surface area contributed by atoms with Crippen molar-refractivity contribution in [2.75, 3.05) is 44.2 Å². The zero-order valence-corrected chi connectivity index (χ0v) is 18.4. The maximum absolute atomic E-state index is 13.0. The van der Waals surface area contributed by atoms with Crippen molar-refractivity contribution in [2.45, 2.75) is 12.6 Å². The molecule has 1 fully saturated rings. The van der Waals surface area contributed by atoms with Crippen LogP contribution in [0, 0.1) is 0 Å². The van der Waals surface area contributed by atoms with E-state index in [9.17, 15) is 22.8 Å². The molecule has 1 aliphatic rings. The van der Waals surface area contributed by atoms with E-state index in [-0.39, 0.29) is 5.56 Å². The highest BCUT2D eigenvalue weighted by Crippen LogP contribution is 2.31. The molecule has 0 spiro atoms. The van der Waals surface area contributed by atoms with Crippen LogP contribution < -0.4 is 15.8 Å². The van der Waals surface area contributed by atoms with Gasteiger partial charge in [0.2, 0.25) is 0 Å². The van der Waals surface area contributed by atoms with Gasteiger partial charge in [-0.25, -0.2) is 0 Å². The van der Waals surface area contributed by atoms with Crippen LogP contribution >= 0.6 is 0 Å². The average molecular weight is 474 g/mol. The van der Waals surface area contributed by atoms with Crippen molar-refractivity contribution in [3.63, 3.8) is 0 Å². The van der Waals surface area contributed by atoms with Crippen LogP contribution in [-0.4, -0.2) is 55.1 Å². The summed E-state index contributed by atoms with van der Waals surface area (Å²) in [5.41, 5.74) is -0.0272. The quantitative estimate of drug-likeness (QED) is 0.512. The number of hydrogen-bond acceptors (Lipinski definition) is 5. The Bertz CT molecular complexity index is 1170. The number of halogens is 3. The number of hydrogen-bond donors (Lipinski definition) is 2. The van der Waals surface area contributed by atoms with Crippen LogP contribution in [0.5, 0.6) is 0 Å². The number of carbonyl (C=O) groups is 1. The van der Waals surface area contributed by atoms with Gasteiger partial charge in [0.15, 0.2) is 0 Å². The Morgan fingerprint density at radius 1 is 1.06 bits per heavy atom. The first-order chi connectivity index (χ1) is 16.3. The van der Waals surface area contributed by atoms with Crippen LogP contribution in [0.1, 0.15) is 22.3 Å². The molecule has 10 heteroatoms. The van der Waals surface area contributed by atoms with Gasteiger partial charge in [0.25, 0.3) is 11.5 Å². The Kier molecular flexibility index (Phi) is 7.06. The first kappa shape index (κ1) is 23.6. The third kappa shape index (κ3) is 5.69. The number of furan rings is 1. The topological polar surface area (TPSA) is 81.6 Å². The zero-order chi connectivity index (χ0) is 24.1. The fourth-order valence-electron chi connectivity index (χ4n) is 3.94. The molecule has 0 radical (unpaired) electrons. The maximum atomic E-state index is 13.0. The minimum Gasteiger partial charge on any atom is -0.463 e. The number of aromatic amines is 1. The van der Waals surface area contributed by atoms with Crippen LogP contribution in [0.15, 0.2) is 64.0 Å². The monoisotopic (exact) mass is 474 g/mol. The predicted octanol–water partition coefficient (Wildman–Crippen LogP) is 3.60. The summed E-state index contributed by atoms with van der Waals surface area (Å²) in [4.78, 5) is 31.4. The number of nitrogens with one attached hydrogen (secondary N) is 2. The van der Waals surface area contributed by atoms with E-state index in [1.54, 1.807) is 24.3 Å². The van der Waals surface area contributed by atoms with Crippen molar-refractivity contribution in [3.05, 3.63) is 76.3 Å². The van der Waals surface area contributed by atoms with E-state index in [4.69, 9.17) is 4.42 Å². The first-order valence-corrected chi connectivity index (χ1v) is 11.0. The lowest BCUT2D eigenvalue weighted by Gasteiger charge is -2.36. The Hall–Kier alpha value is -3.53. The smallest absolute Gasteiger partial charge is 0.416 e. The van der Waals surface area contributed by atoms with Gasteiger partial charge in [0.05, 0.1) is 17.5 Å². The first-order valence-electron chi connectivity index (χ1n) is 11.0. The summed E-state index contributed by atoms with van der Waals surface area (Å²) >= 11 is 0. The minimum atomic E-state index is -4.35. The number of rotatable bonds is 7. The van der Waals surface area contributed by atoms with Crippen LogP contribution in [0.3, 0.4) is 0 Å². The third-order valence-corrected chi connectivity index (χ3v) is 5.79. The van der Waals surface area contributed by atoms with E-state index >= 15 is 0 Å². The van der Waals surface area contributed by atoms with Gasteiger partial charge < -0.3 is 19.6 Å². The number of carbonyl (C=O) groups excluding carboxylic acids is 1. The number of amides is 1. The second-order valence-electron chi connectivity index (χ2n) is 8.08. The normalized spacial score (nSPS) is 14.9. The molecule has 7 nitrogen and oxygen atoms in total. The van der Waals surface area contributed by atoms with Crippen molar-refractivity contribution in [2.24, 2.45) is 0 Å². The molecule has 3 aromatic rings. The Balaban J connectivity index is 1.20. The lowest BCUT2D eigenvalue weighted by molar-refractivity contribution is -0.137. The molecule has 4 rings (SSSR count). The molecule has 0 atom stereocenters. The van der Waals surface area contributed by atoms with Crippen LogP contribution in [0.25, 0.3) is 11.5 Å². The lowest BCUT2D eigenvalue weighted by Crippen LogP contribution is -2.47. The SMILES string of the molecule is O=C(NCCCN1CCN(c2cccc(C(F)(F)F)c2)CC1)c1ccc(-c2ccco2)[nH]c1=O. The van der Waals surface area contributed by atoms with E-state index in [0.29, 0.717) is 43.2 Å². The van der Waals surface area contributed by atoms with Crippen molar-refractivity contribution in [1.82, 2.24) is 15.2 Å². The van der Waals surface area contributed by atoms with Crippen molar-refractivity contribution < 1.29 is 22.4 Å². The third-order valence-electron chi connectivity index (χ3n) is 5.79. The van der Waals surface area contributed by atoms with Crippen molar-refractivity contribution in [3.8, 4) is 11.5 Å². The highest BCUT2D eigenvalue weighted by molar-refractivity contribution is 5.94. The average Bonchev–Trinajstić information content (AvgIpc) is 3.37. The largest absolute Gasteiger partial charge is 0.463 e. The summed E-state index contributed by atoms with van der Waals surface area (Å²) in [7, 11) is 0. The molecule has 2 N–H and O–H groups in total. The summed E-state index contributed by atoms with van der Waals surface area (Å²) in [6.07, 6.45) is -2.16. The Morgan fingerprint density at radius 3 is 2.53 bits per heavy atom. The molecule has 0 aliphatic carbocycles. The molecular formula is C24H25F3N4O3. The maximum Gasteiger partial charge on any atom is 0.416 e. The number of anilines is 1. The number of piperazine rings is 1. The molecule has 1 saturated heterocycles. The Morgan fingerprint density at radius 2 is 1.85 bits per heavy atom. The molecule has 0 unspecified atom stereocenters. The van der Waals surface area contributed by atoms with E-state index in [0.717, 1.165) is 25.7 Å². The van der Waals surface area contributed by atoms with Crippen LogP contribution in [0.2, 0.25) is 0 Å². The second-order valence-corrected chi connectivity index (χ2v) is 8.08. The predicted molar refractivity (Wildman–Crippen MR) is 122 cm³/mol. The number of aromatic nitrogens is 1. The Labute approximate surface area is 194 Å². The number of H-pyrrole nitrogens is 1. The molecular weight excluding hydrogens is 449 g/mol. The summed E-state index contributed by atoms with van der Waals surface area (Å²) < 4.78 is 44.1. The minimum absolute atomic E-state index is 0.0324. The summed E-state index contributed by atoms with van der Waals surface area (Å²) in [5, 5.41) is 2.76. The number of nitrogens with zero attached hydrogens (tertiary/aromatic N) is 2. The number of pyridine rings is 1. The van der Waals surface area contributed by atoms with Gasteiger partial charge in [0, 0.05) is 38.4 Å². The highest BCUT2D eigenvalue weighted by Gasteiger charge is 2.31. The lowest BCUT2D eigenvalue weighted by atomic mass is 10.1. The molecule has 2 aromatic heterocycles. The van der Waals surface area contributed by atoms with Crippen molar-refractivity contribution in [1.29, 1.82) is 0 Å². The fraction of sp³-hybridized carbons (Fsp3) is 0.333. The standard InChI is InChI=1S/C24H25F3N4O3/c25-24(26,27)17-4-1-5-18(16-17)31-13-11-30(12-14-31)10-3-9-28-22(32)19-7-8-20(29-23(19)33)21-6-2-15-34-21/h1-2,4-8,15-16H,3,9-14H2,(H,28,32)(H,29,33). The summed E-state index contributed by atoms with van der Waals surface area (Å²) in [6.45, 7) is 3.85. The second kappa shape index (κ2) is 10.2. The van der Waals surface area contributed by atoms with Gasteiger partial charge in [-0.1, -0.05) is 6.07 Å². The van der Waals surface area contributed by atoms with Crippen LogP contribution in [-0.2, 0) is 6.18 Å². The van der Waals surface area contributed by atoms with E-state index in [1.165, 1.54) is 24.5 Å². The van der Waals surface area contributed by atoms with E-state index in [2.05, 4.69) is 15.2 Å². The fourth-order valence-corrected chi connectivity index (χ4v) is 3.94. The van der Waals surface area contributed by atoms with Gasteiger partial charge >= 0.3 is 6.18 Å². The van der Waals surface area contributed by atoms with Crippen molar-refractivity contribution >= 4 is 11.6 Å². The van der Waals surface area contributed by atoms with Gasteiger partial charge in [-0.3, -0.25) is 14.5 Å². The molecule has 1 aromatic carbocycles. The summed E-state index contributed by atoms with van der Waals surface area (Å²) in [6, 6.07) is 11.9. The van der Waals surface area contributed by atoms with Gasteiger partial charge in [0.1, 0.15) is 11.3 Å². The summed E-state index contributed by atoms with van der Waals surface area (Å²) in [5.74, 6) is 0.0684. The molecule has 0 bridgehead atoms. The molecule has 0 saturated carbocycles. The molecule has 3 heterocycles. The van der Waals surface area contributed by atoms with Gasteiger partial charge in [-0.2, -0.15) is 13.2 Å².